The fourth-order valence-corrected chi connectivity index (χ4v) is 6.75. The molecule has 1 saturated carbocycles. The van der Waals surface area contributed by atoms with Gasteiger partial charge < -0.3 is 29.8 Å². The number of halogens is 1. The van der Waals surface area contributed by atoms with Crippen LogP contribution in [0.5, 0.6) is 11.5 Å². The summed E-state index contributed by atoms with van der Waals surface area (Å²) in [7, 11) is 0. The van der Waals surface area contributed by atoms with E-state index in [9.17, 15) is 9.59 Å². The molecule has 39 heavy (non-hydrogen) atoms. The second-order valence-electron chi connectivity index (χ2n) is 11.7. The predicted octanol–water partition coefficient (Wildman–Crippen LogP) is 4.97. The fraction of sp³-hybridized carbons (Fsp3) is 0.586. The van der Waals surface area contributed by atoms with Gasteiger partial charge in [-0.3, -0.25) is 9.59 Å². The molecule has 1 saturated heterocycles. The Bertz CT molecular complexity index is 1320. The quantitative estimate of drug-likeness (QED) is 0.382. The van der Waals surface area contributed by atoms with Crippen molar-refractivity contribution in [3.63, 3.8) is 0 Å². The lowest BCUT2D eigenvalue weighted by molar-refractivity contribution is -0.123. The monoisotopic (exact) mass is 575 g/mol. The largest absolute Gasteiger partial charge is 0.448 e. The molecule has 0 unspecified atom stereocenters. The van der Waals surface area contributed by atoms with Crippen molar-refractivity contribution in [2.24, 2.45) is 11.3 Å². The Hall–Kier alpha value is -2.20. The first-order chi connectivity index (χ1) is 18.5. The number of ether oxygens (including phenoxy) is 3. The zero-order valence-corrected chi connectivity index (χ0v) is 24.9. The number of amides is 1. The highest BCUT2D eigenvalue weighted by molar-refractivity contribution is 7.98. The minimum Gasteiger partial charge on any atom is -0.448 e. The van der Waals surface area contributed by atoms with Crippen molar-refractivity contribution in [3.05, 3.63) is 49.9 Å². The normalized spacial score (nSPS) is 25.3. The summed E-state index contributed by atoms with van der Waals surface area (Å²) in [6.45, 7) is 10.7. The number of hydrogen-bond acceptors (Lipinski definition) is 7. The number of rotatable bonds is 8. The van der Waals surface area contributed by atoms with E-state index in [4.69, 9.17) is 25.8 Å². The van der Waals surface area contributed by atoms with Crippen molar-refractivity contribution >= 4 is 29.3 Å². The molecule has 3 heterocycles. The number of benzene rings is 1. The van der Waals surface area contributed by atoms with E-state index in [2.05, 4.69) is 22.5 Å². The molecule has 2 fully saturated rings. The number of carbonyl (C=O) groups is 1. The van der Waals surface area contributed by atoms with E-state index in [1.54, 1.807) is 6.07 Å². The summed E-state index contributed by atoms with van der Waals surface area (Å²) in [5.41, 5.74) is 2.44. The maximum absolute atomic E-state index is 13.2. The maximum atomic E-state index is 13.2. The summed E-state index contributed by atoms with van der Waals surface area (Å²) in [5.74, 6) is 0.0555. The third kappa shape index (κ3) is 5.69. The fourth-order valence-electron chi connectivity index (χ4n) is 5.81. The van der Waals surface area contributed by atoms with E-state index >= 15 is 0 Å². The zero-order chi connectivity index (χ0) is 27.9. The van der Waals surface area contributed by atoms with Gasteiger partial charge in [-0.25, -0.2) is 0 Å². The van der Waals surface area contributed by atoms with Crippen molar-refractivity contribution in [1.29, 1.82) is 0 Å². The Morgan fingerprint density at radius 2 is 1.82 bits per heavy atom. The minimum atomic E-state index is -0.840. The number of pyridine rings is 1. The topological polar surface area (TPSA) is 102 Å². The van der Waals surface area contributed by atoms with Crippen LogP contribution in [0.1, 0.15) is 66.7 Å². The van der Waals surface area contributed by atoms with Crippen molar-refractivity contribution in [1.82, 2.24) is 15.6 Å². The molecule has 0 spiro atoms. The molecule has 1 aromatic heterocycles. The van der Waals surface area contributed by atoms with Crippen LogP contribution in [0.3, 0.4) is 0 Å². The molecule has 1 aromatic carbocycles. The number of aromatic nitrogens is 1. The third-order valence-electron chi connectivity index (χ3n) is 8.36. The van der Waals surface area contributed by atoms with E-state index < -0.39 is 5.79 Å². The number of fused-ring (bicyclic) bond motifs is 1. The summed E-state index contributed by atoms with van der Waals surface area (Å²) in [6, 6.07) is 4.02. The molecule has 3 aliphatic rings. The first-order valence-corrected chi connectivity index (χ1v) is 15.2. The number of H-pyrrole nitrogens is 1. The first kappa shape index (κ1) is 28.3. The Morgan fingerprint density at radius 1 is 1.13 bits per heavy atom. The number of hydrogen-bond donors (Lipinski definition) is 3. The van der Waals surface area contributed by atoms with Crippen LogP contribution in [0, 0.1) is 25.2 Å². The molecule has 1 aliphatic carbocycles. The lowest BCUT2D eigenvalue weighted by atomic mass is 9.80. The van der Waals surface area contributed by atoms with Crippen molar-refractivity contribution in [3.8, 4) is 11.5 Å². The van der Waals surface area contributed by atoms with E-state index in [1.165, 1.54) is 11.8 Å². The zero-order valence-electron chi connectivity index (χ0n) is 23.3. The van der Waals surface area contributed by atoms with Gasteiger partial charge in [0.25, 0.3) is 17.3 Å². The van der Waals surface area contributed by atoms with E-state index in [0.29, 0.717) is 39.3 Å². The highest BCUT2D eigenvalue weighted by Crippen LogP contribution is 2.51. The summed E-state index contributed by atoms with van der Waals surface area (Å²) in [4.78, 5) is 29.4. The SMILES string of the molecule is CSc1cc(C)[nH]c(=O)c1CNC(=O)c1cc(Cl)c2c(c1C)O[C@@](C)([C@H]1CC[C@@H](NCC3(C)COC3)CC1)O2. The van der Waals surface area contributed by atoms with Crippen LogP contribution in [0.25, 0.3) is 0 Å². The molecule has 2 aliphatic heterocycles. The Kier molecular flexibility index (Phi) is 7.99. The standard InChI is InChI=1S/C29H38ClN3O5S/c1-16-10-23(39-5)21(27(35)33-16)12-31-26(34)20-11-22(30)25-24(17(20)2)37-29(4,38-25)18-6-8-19(9-7-18)32-13-28(3)14-36-15-28/h10-11,18-19,32H,6-9,12-15H2,1-5H3,(H,31,34)(H,33,35)/t18-,19+,29-/m1/s1. The molecule has 0 bridgehead atoms. The highest BCUT2D eigenvalue weighted by Gasteiger charge is 2.47. The second-order valence-corrected chi connectivity index (χ2v) is 12.9. The molecular formula is C29H38ClN3O5S. The minimum absolute atomic E-state index is 0.108. The van der Waals surface area contributed by atoms with Crippen LogP contribution in [0.2, 0.25) is 5.02 Å². The van der Waals surface area contributed by atoms with Gasteiger partial charge in [0.15, 0.2) is 11.5 Å². The van der Waals surface area contributed by atoms with Gasteiger partial charge in [-0.05, 0) is 57.9 Å². The van der Waals surface area contributed by atoms with Gasteiger partial charge in [-0.2, -0.15) is 0 Å². The van der Waals surface area contributed by atoms with Crippen LogP contribution >= 0.6 is 23.4 Å². The summed E-state index contributed by atoms with van der Waals surface area (Å²) in [5, 5.41) is 6.96. The molecule has 212 valence electrons. The Balaban J connectivity index is 1.25. The summed E-state index contributed by atoms with van der Waals surface area (Å²) < 4.78 is 18.2. The number of nitrogens with one attached hydrogen (secondary N) is 3. The van der Waals surface area contributed by atoms with E-state index in [0.717, 1.165) is 56.0 Å². The molecule has 10 heteroatoms. The lowest BCUT2D eigenvalue weighted by Gasteiger charge is -2.41. The molecule has 5 rings (SSSR count). The van der Waals surface area contributed by atoms with E-state index in [-0.39, 0.29) is 29.3 Å². The first-order valence-electron chi connectivity index (χ1n) is 13.6. The van der Waals surface area contributed by atoms with E-state index in [1.807, 2.05) is 33.1 Å². The van der Waals surface area contributed by atoms with Gasteiger partial charge in [0.2, 0.25) is 0 Å². The van der Waals surface area contributed by atoms with Crippen LogP contribution in [0.15, 0.2) is 21.8 Å². The van der Waals surface area contributed by atoms with Crippen LogP contribution in [-0.4, -0.2) is 48.7 Å². The van der Waals surface area contributed by atoms with Crippen LogP contribution in [-0.2, 0) is 11.3 Å². The molecular weight excluding hydrogens is 538 g/mol. The molecule has 1 atom stereocenters. The number of aryl methyl sites for hydroxylation is 1. The summed E-state index contributed by atoms with van der Waals surface area (Å²) in [6.07, 6.45) is 5.96. The molecule has 3 N–H and O–H groups in total. The highest BCUT2D eigenvalue weighted by atomic mass is 35.5. The van der Waals surface area contributed by atoms with Gasteiger partial charge in [0, 0.05) is 64.7 Å². The number of carbonyl (C=O) groups excluding carboxylic acids is 1. The van der Waals surface area contributed by atoms with Gasteiger partial charge >= 0.3 is 0 Å². The van der Waals surface area contributed by atoms with Crippen LogP contribution in [0.4, 0.5) is 0 Å². The molecule has 8 nitrogen and oxygen atoms in total. The number of thioether (sulfide) groups is 1. The Labute approximate surface area is 238 Å². The average molecular weight is 576 g/mol. The smallest absolute Gasteiger partial charge is 0.254 e. The number of aromatic amines is 1. The molecule has 0 radical (unpaired) electrons. The van der Waals surface area contributed by atoms with Gasteiger partial charge in [0.05, 0.1) is 18.2 Å². The maximum Gasteiger partial charge on any atom is 0.254 e. The van der Waals surface area contributed by atoms with Gasteiger partial charge in [-0.15, -0.1) is 11.8 Å². The third-order valence-corrected chi connectivity index (χ3v) is 9.44. The van der Waals surface area contributed by atoms with Crippen molar-refractivity contribution in [2.45, 2.75) is 76.6 Å². The van der Waals surface area contributed by atoms with Gasteiger partial charge in [-0.1, -0.05) is 18.5 Å². The predicted molar refractivity (Wildman–Crippen MR) is 153 cm³/mol. The van der Waals surface area contributed by atoms with Crippen LogP contribution < -0.4 is 25.7 Å². The van der Waals surface area contributed by atoms with Crippen molar-refractivity contribution < 1.29 is 19.0 Å². The molecule has 2 aromatic rings. The lowest BCUT2D eigenvalue weighted by Crippen LogP contribution is -2.51. The van der Waals surface area contributed by atoms with Gasteiger partial charge in [0.1, 0.15) is 0 Å². The average Bonchev–Trinajstić information content (AvgIpc) is 3.27. The molecule has 1 amide bonds. The second kappa shape index (κ2) is 11.0. The van der Waals surface area contributed by atoms with Crippen molar-refractivity contribution in [2.75, 3.05) is 26.0 Å². The summed E-state index contributed by atoms with van der Waals surface area (Å²) >= 11 is 8.10. The Morgan fingerprint density at radius 3 is 2.46 bits per heavy atom.